The Balaban J connectivity index is 2.32. The van der Waals surface area contributed by atoms with Gasteiger partial charge in [0.1, 0.15) is 4.60 Å². The van der Waals surface area contributed by atoms with Crippen LogP contribution in [0, 0.1) is 0 Å². The van der Waals surface area contributed by atoms with Gasteiger partial charge in [0.2, 0.25) is 0 Å². The van der Waals surface area contributed by atoms with Gasteiger partial charge in [0.25, 0.3) is 0 Å². The van der Waals surface area contributed by atoms with Gasteiger partial charge < -0.3 is 5.11 Å². The lowest BCUT2D eigenvalue weighted by atomic mass is 10.0. The summed E-state index contributed by atoms with van der Waals surface area (Å²) in [5.41, 5.74) is 1.65. The number of nitrogens with one attached hydrogen (secondary N) is 1. The average molecular weight is 271 g/mol. The quantitative estimate of drug-likeness (QED) is 0.813. The van der Waals surface area contributed by atoms with Crippen LogP contribution in [0.5, 0.6) is 0 Å². The number of carbonyl (C=O) groups is 1. The molecule has 1 aromatic rings. The molecule has 0 aromatic carbocycles. The Morgan fingerprint density at radius 3 is 2.80 bits per heavy atom. The van der Waals surface area contributed by atoms with Crippen molar-refractivity contribution in [1.29, 1.82) is 0 Å². The van der Waals surface area contributed by atoms with E-state index in [2.05, 4.69) is 33.2 Å². The van der Waals surface area contributed by atoms with Crippen molar-refractivity contribution in [2.45, 2.75) is 25.2 Å². The molecule has 15 heavy (non-hydrogen) atoms. The first-order chi connectivity index (χ1) is 6.99. The molecular formula is C10H11BrN2O2. The fraction of sp³-hybridized carbons (Fsp3) is 0.400. The number of amides is 1. The molecule has 0 radical (unpaired) electrons. The maximum Gasteiger partial charge on any atom is 0.409 e. The van der Waals surface area contributed by atoms with Gasteiger partial charge >= 0.3 is 6.09 Å². The normalized spacial score (nSPS) is 17.2. The van der Waals surface area contributed by atoms with Gasteiger partial charge in [0.05, 0.1) is 0 Å². The summed E-state index contributed by atoms with van der Waals surface area (Å²) in [5, 5.41) is 11.0. The van der Waals surface area contributed by atoms with Crippen LogP contribution in [-0.4, -0.2) is 16.2 Å². The van der Waals surface area contributed by atoms with Crippen LogP contribution < -0.4 is 5.32 Å². The summed E-state index contributed by atoms with van der Waals surface area (Å²) in [4.78, 5) is 14.9. The molecular weight excluding hydrogens is 260 g/mol. The highest BCUT2D eigenvalue weighted by Gasteiger charge is 2.40. The van der Waals surface area contributed by atoms with Crippen molar-refractivity contribution in [3.8, 4) is 0 Å². The van der Waals surface area contributed by atoms with E-state index in [1.54, 1.807) is 12.1 Å². The molecule has 0 spiro atoms. The Hall–Kier alpha value is -1.10. The van der Waals surface area contributed by atoms with Crippen molar-refractivity contribution in [2.24, 2.45) is 0 Å². The number of nitrogens with zero attached hydrogens (tertiary/aromatic N) is 1. The van der Waals surface area contributed by atoms with Gasteiger partial charge in [-0.05, 0) is 40.9 Å². The molecule has 1 aromatic heterocycles. The molecule has 2 rings (SSSR count). The number of halogens is 1. The molecule has 0 atom stereocenters. The van der Waals surface area contributed by atoms with Crippen molar-refractivity contribution in [3.05, 3.63) is 22.4 Å². The lowest BCUT2D eigenvalue weighted by Gasteiger charge is -2.10. The lowest BCUT2D eigenvalue weighted by molar-refractivity contribution is 0.209. The van der Waals surface area contributed by atoms with Crippen LogP contribution in [0.2, 0.25) is 0 Å². The standard InChI is InChI=1S/C10H11BrN2O2/c1-10(2-3-10)7-4-6(12-9(14)15)5-8(11)13-7/h4-5H,2-3H2,1H3,(H,12,13)(H,14,15). The van der Waals surface area contributed by atoms with Crippen LogP contribution in [-0.2, 0) is 5.41 Å². The Labute approximate surface area is 95.8 Å². The van der Waals surface area contributed by atoms with Gasteiger partial charge in [-0.15, -0.1) is 0 Å². The van der Waals surface area contributed by atoms with Crippen LogP contribution in [0.4, 0.5) is 10.5 Å². The summed E-state index contributed by atoms with van der Waals surface area (Å²) in [6, 6.07) is 3.45. The zero-order valence-corrected chi connectivity index (χ0v) is 9.84. The summed E-state index contributed by atoms with van der Waals surface area (Å²) >= 11 is 3.28. The molecule has 0 saturated heterocycles. The van der Waals surface area contributed by atoms with Gasteiger partial charge in [-0.1, -0.05) is 6.92 Å². The zero-order chi connectivity index (χ0) is 11.1. The van der Waals surface area contributed by atoms with Crippen molar-refractivity contribution >= 4 is 27.7 Å². The smallest absolute Gasteiger partial charge is 0.409 e. The van der Waals surface area contributed by atoms with Gasteiger partial charge in [-0.2, -0.15) is 0 Å². The first-order valence-electron chi connectivity index (χ1n) is 4.68. The minimum Gasteiger partial charge on any atom is -0.465 e. The molecule has 5 heteroatoms. The SMILES string of the molecule is CC1(c2cc(NC(=O)O)cc(Br)n2)CC1. The molecule has 1 saturated carbocycles. The molecule has 1 aliphatic rings. The van der Waals surface area contributed by atoms with E-state index in [9.17, 15) is 4.79 Å². The summed E-state index contributed by atoms with van der Waals surface area (Å²) < 4.78 is 0.664. The second-order valence-corrected chi connectivity index (χ2v) is 4.87. The van der Waals surface area contributed by atoms with Gasteiger partial charge in [0, 0.05) is 16.8 Å². The first-order valence-corrected chi connectivity index (χ1v) is 5.47. The Bertz CT molecular complexity index is 416. The highest BCUT2D eigenvalue weighted by atomic mass is 79.9. The van der Waals surface area contributed by atoms with E-state index in [-0.39, 0.29) is 5.41 Å². The molecule has 0 unspecified atom stereocenters. The molecule has 1 fully saturated rings. The molecule has 1 heterocycles. The number of hydrogen-bond donors (Lipinski definition) is 2. The van der Waals surface area contributed by atoms with E-state index in [4.69, 9.17) is 5.11 Å². The van der Waals surface area contributed by atoms with Crippen LogP contribution >= 0.6 is 15.9 Å². The predicted octanol–water partition coefficient (Wildman–Crippen LogP) is 2.99. The maximum atomic E-state index is 10.5. The first kappa shape index (κ1) is 10.4. The predicted molar refractivity (Wildman–Crippen MR) is 60.2 cm³/mol. The summed E-state index contributed by atoms with van der Waals surface area (Å²) in [6.07, 6.45) is 1.17. The van der Waals surface area contributed by atoms with E-state index in [1.807, 2.05) is 0 Å². The zero-order valence-electron chi connectivity index (χ0n) is 8.25. The summed E-state index contributed by atoms with van der Waals surface area (Å²) in [6.45, 7) is 2.13. The van der Waals surface area contributed by atoms with Crippen LogP contribution in [0.15, 0.2) is 16.7 Å². The molecule has 0 bridgehead atoms. The Kier molecular flexibility index (Phi) is 2.42. The highest BCUT2D eigenvalue weighted by Crippen LogP contribution is 2.47. The van der Waals surface area contributed by atoms with Crippen LogP contribution in [0.1, 0.15) is 25.5 Å². The minimum absolute atomic E-state index is 0.138. The number of pyridine rings is 1. The Morgan fingerprint density at radius 2 is 2.27 bits per heavy atom. The van der Waals surface area contributed by atoms with Gasteiger partial charge in [-0.3, -0.25) is 5.32 Å². The van der Waals surface area contributed by atoms with Gasteiger partial charge in [-0.25, -0.2) is 9.78 Å². The molecule has 2 N–H and O–H groups in total. The van der Waals surface area contributed by atoms with E-state index < -0.39 is 6.09 Å². The molecule has 1 amide bonds. The number of carboxylic acid groups (broad SMARTS) is 1. The third kappa shape index (κ3) is 2.28. The van der Waals surface area contributed by atoms with Crippen molar-refractivity contribution < 1.29 is 9.90 Å². The second kappa shape index (κ2) is 3.48. The summed E-state index contributed by atoms with van der Waals surface area (Å²) in [7, 11) is 0. The highest BCUT2D eigenvalue weighted by molar-refractivity contribution is 9.10. The van der Waals surface area contributed by atoms with Crippen LogP contribution in [0.25, 0.3) is 0 Å². The molecule has 80 valence electrons. The average Bonchev–Trinajstić information content (AvgIpc) is 2.82. The lowest BCUT2D eigenvalue weighted by Crippen LogP contribution is -2.10. The van der Waals surface area contributed by atoms with Crippen molar-refractivity contribution in [2.75, 3.05) is 5.32 Å². The minimum atomic E-state index is -1.06. The topological polar surface area (TPSA) is 62.2 Å². The maximum absolute atomic E-state index is 10.5. The van der Waals surface area contributed by atoms with Crippen LogP contribution in [0.3, 0.4) is 0 Å². The fourth-order valence-corrected chi connectivity index (χ4v) is 1.88. The largest absolute Gasteiger partial charge is 0.465 e. The van der Waals surface area contributed by atoms with E-state index in [0.29, 0.717) is 10.3 Å². The summed E-state index contributed by atoms with van der Waals surface area (Å²) in [5.74, 6) is 0. The fourth-order valence-electron chi connectivity index (χ4n) is 1.45. The molecule has 4 nitrogen and oxygen atoms in total. The van der Waals surface area contributed by atoms with E-state index in [1.165, 1.54) is 0 Å². The second-order valence-electron chi connectivity index (χ2n) is 4.05. The van der Waals surface area contributed by atoms with E-state index in [0.717, 1.165) is 18.5 Å². The molecule has 1 aliphatic carbocycles. The third-order valence-corrected chi connectivity index (χ3v) is 3.07. The van der Waals surface area contributed by atoms with E-state index >= 15 is 0 Å². The number of rotatable bonds is 2. The van der Waals surface area contributed by atoms with Gasteiger partial charge in [0.15, 0.2) is 0 Å². The number of anilines is 1. The monoisotopic (exact) mass is 270 g/mol. The molecule has 0 aliphatic heterocycles. The third-order valence-electron chi connectivity index (χ3n) is 2.66. The number of aromatic nitrogens is 1. The van der Waals surface area contributed by atoms with Crippen molar-refractivity contribution in [1.82, 2.24) is 4.98 Å². The Morgan fingerprint density at radius 1 is 1.60 bits per heavy atom. The van der Waals surface area contributed by atoms with Crippen molar-refractivity contribution in [3.63, 3.8) is 0 Å². The number of hydrogen-bond acceptors (Lipinski definition) is 2.